The lowest BCUT2D eigenvalue weighted by Gasteiger charge is -2.44. The van der Waals surface area contributed by atoms with Gasteiger partial charge in [0.25, 0.3) is 5.56 Å². The third-order valence-corrected chi connectivity index (χ3v) is 5.96. The largest absolute Gasteiger partial charge is 0.497 e. The summed E-state index contributed by atoms with van der Waals surface area (Å²) in [6.45, 7) is 5.06. The molecule has 5 heteroatoms. The Morgan fingerprint density at radius 3 is 2.88 bits per heavy atom. The van der Waals surface area contributed by atoms with Crippen molar-refractivity contribution in [2.75, 3.05) is 20.2 Å². The Labute approximate surface area is 148 Å². The molecule has 2 saturated heterocycles. The number of hydrogen-bond acceptors (Lipinski definition) is 4. The highest BCUT2D eigenvalue weighted by molar-refractivity contribution is 5.76. The predicted octanol–water partition coefficient (Wildman–Crippen LogP) is 2.98. The van der Waals surface area contributed by atoms with E-state index >= 15 is 0 Å². The van der Waals surface area contributed by atoms with Crippen molar-refractivity contribution in [1.82, 2.24) is 14.5 Å². The molecule has 5 nitrogen and oxygen atoms in total. The van der Waals surface area contributed by atoms with E-state index in [1.54, 1.807) is 7.11 Å². The first-order chi connectivity index (χ1) is 12.2. The van der Waals surface area contributed by atoms with Crippen molar-refractivity contribution in [2.24, 2.45) is 5.92 Å². The van der Waals surface area contributed by atoms with E-state index in [-0.39, 0.29) is 5.56 Å². The standard InChI is InChI=1S/C20H27N3O2/c1-14-20(24)23(19-9-8-16(25-2)12-17(19)21-14)13-15-6-5-11-22-10-4-3-7-18(15)22/h8-9,12,15,18H,3-7,10-11,13H2,1-2H3. The van der Waals surface area contributed by atoms with Gasteiger partial charge in [0.15, 0.2) is 0 Å². The Hall–Kier alpha value is -1.88. The maximum Gasteiger partial charge on any atom is 0.272 e. The summed E-state index contributed by atoms with van der Waals surface area (Å²) in [6, 6.07) is 6.45. The van der Waals surface area contributed by atoms with Gasteiger partial charge in [-0.15, -0.1) is 0 Å². The molecule has 134 valence electrons. The highest BCUT2D eigenvalue weighted by Crippen LogP contribution is 2.32. The number of nitrogens with zero attached hydrogens (tertiary/aromatic N) is 3. The van der Waals surface area contributed by atoms with Crippen molar-refractivity contribution in [2.45, 2.75) is 51.6 Å². The first-order valence-electron chi connectivity index (χ1n) is 9.46. The molecule has 0 saturated carbocycles. The van der Waals surface area contributed by atoms with E-state index in [2.05, 4.69) is 9.88 Å². The fourth-order valence-corrected chi connectivity index (χ4v) is 4.69. The average molecular weight is 341 g/mol. The Kier molecular flexibility index (Phi) is 4.50. The Morgan fingerprint density at radius 2 is 2.04 bits per heavy atom. The highest BCUT2D eigenvalue weighted by Gasteiger charge is 2.33. The topological polar surface area (TPSA) is 47.4 Å². The summed E-state index contributed by atoms with van der Waals surface area (Å²) in [5, 5.41) is 0. The van der Waals surface area contributed by atoms with Gasteiger partial charge in [-0.05, 0) is 63.7 Å². The van der Waals surface area contributed by atoms with Crippen molar-refractivity contribution < 1.29 is 4.74 Å². The molecule has 0 spiro atoms. The van der Waals surface area contributed by atoms with E-state index in [1.807, 2.05) is 29.7 Å². The van der Waals surface area contributed by atoms with Crippen LogP contribution in [0.3, 0.4) is 0 Å². The number of benzene rings is 1. The van der Waals surface area contributed by atoms with Crippen LogP contribution in [0.4, 0.5) is 0 Å². The number of hydrogen-bond donors (Lipinski definition) is 0. The van der Waals surface area contributed by atoms with Crippen LogP contribution >= 0.6 is 0 Å². The van der Waals surface area contributed by atoms with Gasteiger partial charge in [0, 0.05) is 18.7 Å². The number of piperidine rings is 2. The van der Waals surface area contributed by atoms with Gasteiger partial charge in [0.2, 0.25) is 0 Å². The normalized spacial score (nSPS) is 24.2. The zero-order valence-corrected chi connectivity index (χ0v) is 15.2. The van der Waals surface area contributed by atoms with E-state index in [4.69, 9.17) is 4.74 Å². The lowest BCUT2D eigenvalue weighted by Crippen LogP contribution is -2.49. The van der Waals surface area contributed by atoms with Crippen LogP contribution in [0.1, 0.15) is 37.8 Å². The van der Waals surface area contributed by atoms with Crippen molar-refractivity contribution in [3.8, 4) is 5.75 Å². The summed E-state index contributed by atoms with van der Waals surface area (Å²) in [7, 11) is 1.66. The smallest absolute Gasteiger partial charge is 0.272 e. The zero-order valence-electron chi connectivity index (χ0n) is 15.2. The second-order valence-electron chi connectivity index (χ2n) is 7.47. The number of aryl methyl sites for hydroxylation is 1. The lowest BCUT2D eigenvalue weighted by molar-refractivity contribution is 0.0520. The summed E-state index contributed by atoms with van der Waals surface area (Å²) >= 11 is 0. The fourth-order valence-electron chi connectivity index (χ4n) is 4.69. The maximum absolute atomic E-state index is 12.8. The van der Waals surface area contributed by atoms with Crippen LogP contribution in [-0.2, 0) is 6.54 Å². The Balaban J connectivity index is 1.72. The van der Waals surface area contributed by atoms with Crippen molar-refractivity contribution in [3.05, 3.63) is 34.2 Å². The molecule has 2 fully saturated rings. The van der Waals surface area contributed by atoms with E-state index in [0.29, 0.717) is 17.7 Å². The summed E-state index contributed by atoms with van der Waals surface area (Å²) in [5.41, 5.74) is 2.37. The monoisotopic (exact) mass is 341 g/mol. The van der Waals surface area contributed by atoms with Crippen LogP contribution in [0.15, 0.2) is 23.0 Å². The third kappa shape index (κ3) is 3.06. The van der Waals surface area contributed by atoms with Gasteiger partial charge >= 0.3 is 0 Å². The molecule has 0 N–H and O–H groups in total. The van der Waals surface area contributed by atoms with Crippen LogP contribution in [0.5, 0.6) is 5.75 Å². The van der Waals surface area contributed by atoms with E-state index in [9.17, 15) is 4.79 Å². The summed E-state index contributed by atoms with van der Waals surface area (Å²) in [4.78, 5) is 20.0. The van der Waals surface area contributed by atoms with Crippen molar-refractivity contribution >= 4 is 11.0 Å². The number of aromatic nitrogens is 2. The molecule has 2 aliphatic heterocycles. The van der Waals surface area contributed by atoms with Crippen LogP contribution in [0.25, 0.3) is 11.0 Å². The van der Waals surface area contributed by atoms with Crippen molar-refractivity contribution in [3.63, 3.8) is 0 Å². The molecule has 2 atom stereocenters. The predicted molar refractivity (Wildman–Crippen MR) is 99.2 cm³/mol. The molecule has 0 radical (unpaired) electrons. The molecule has 3 heterocycles. The van der Waals surface area contributed by atoms with Crippen LogP contribution < -0.4 is 10.3 Å². The molecule has 25 heavy (non-hydrogen) atoms. The van der Waals surface area contributed by atoms with E-state index in [0.717, 1.165) is 23.3 Å². The van der Waals surface area contributed by atoms with Gasteiger partial charge in [-0.25, -0.2) is 4.98 Å². The first kappa shape index (κ1) is 16.6. The quantitative estimate of drug-likeness (QED) is 0.861. The SMILES string of the molecule is COc1ccc2c(c1)nc(C)c(=O)n2CC1CCCN2CCCCC12. The zero-order chi connectivity index (χ0) is 17.4. The van der Waals surface area contributed by atoms with E-state index in [1.165, 1.54) is 45.2 Å². The molecule has 2 aromatic rings. The molecule has 0 bridgehead atoms. The second-order valence-corrected chi connectivity index (χ2v) is 7.47. The molecular weight excluding hydrogens is 314 g/mol. The third-order valence-electron chi connectivity index (χ3n) is 5.96. The van der Waals surface area contributed by atoms with Crippen LogP contribution in [-0.4, -0.2) is 40.7 Å². The minimum Gasteiger partial charge on any atom is -0.497 e. The Morgan fingerprint density at radius 1 is 1.20 bits per heavy atom. The molecule has 1 aromatic carbocycles. The van der Waals surface area contributed by atoms with Gasteiger partial charge in [0.05, 0.1) is 18.1 Å². The highest BCUT2D eigenvalue weighted by atomic mass is 16.5. The number of rotatable bonds is 3. The average Bonchev–Trinajstić information content (AvgIpc) is 2.65. The number of fused-ring (bicyclic) bond motifs is 2. The van der Waals surface area contributed by atoms with E-state index < -0.39 is 0 Å². The molecule has 0 amide bonds. The summed E-state index contributed by atoms with van der Waals surface area (Å²) < 4.78 is 7.28. The van der Waals surface area contributed by atoms with Crippen LogP contribution in [0.2, 0.25) is 0 Å². The maximum atomic E-state index is 12.8. The van der Waals surface area contributed by atoms with Gasteiger partial charge in [0.1, 0.15) is 11.4 Å². The molecular formula is C20H27N3O2. The lowest BCUT2D eigenvalue weighted by atomic mass is 9.83. The minimum absolute atomic E-state index is 0.0469. The minimum atomic E-state index is 0.0469. The number of methoxy groups -OCH3 is 1. The van der Waals surface area contributed by atoms with Gasteiger partial charge in [-0.3, -0.25) is 4.79 Å². The molecule has 2 aliphatic rings. The summed E-state index contributed by atoms with van der Waals surface area (Å²) in [5.74, 6) is 1.33. The number of ether oxygens (including phenoxy) is 1. The summed E-state index contributed by atoms with van der Waals surface area (Å²) in [6.07, 6.45) is 6.37. The van der Waals surface area contributed by atoms with Gasteiger partial charge in [-0.1, -0.05) is 6.42 Å². The van der Waals surface area contributed by atoms with Gasteiger partial charge in [-0.2, -0.15) is 0 Å². The Bertz CT molecular complexity index is 828. The van der Waals surface area contributed by atoms with Gasteiger partial charge < -0.3 is 14.2 Å². The molecule has 4 rings (SSSR count). The molecule has 2 unspecified atom stereocenters. The van der Waals surface area contributed by atoms with Crippen LogP contribution in [0, 0.1) is 12.8 Å². The van der Waals surface area contributed by atoms with Crippen molar-refractivity contribution in [1.29, 1.82) is 0 Å². The fraction of sp³-hybridized carbons (Fsp3) is 0.600. The first-order valence-corrected chi connectivity index (χ1v) is 9.46. The molecule has 1 aromatic heterocycles. The molecule has 0 aliphatic carbocycles. The second kappa shape index (κ2) is 6.79.